The Morgan fingerprint density at radius 3 is 2.93 bits per heavy atom. The fourth-order valence-electron chi connectivity index (χ4n) is 1.44. The molecule has 0 atom stereocenters. The highest BCUT2D eigenvalue weighted by Crippen LogP contribution is 2.21. The van der Waals surface area contributed by atoms with Gasteiger partial charge >= 0.3 is 0 Å². The number of hydrogen-bond acceptors (Lipinski definition) is 1. The Balaban J connectivity index is 1.90. The topological polar surface area (TPSA) is 12.0 Å². The van der Waals surface area contributed by atoms with E-state index in [4.69, 9.17) is 11.6 Å². The van der Waals surface area contributed by atoms with Crippen LogP contribution in [0.2, 0.25) is 5.02 Å². The molecule has 0 spiro atoms. The van der Waals surface area contributed by atoms with Crippen molar-refractivity contribution in [3.05, 3.63) is 34.6 Å². The Bertz CT molecular complexity index is 323. The highest BCUT2D eigenvalue weighted by atomic mass is 35.5. The highest BCUT2D eigenvalue weighted by molar-refractivity contribution is 6.31. The molecule has 0 aromatic heterocycles. The van der Waals surface area contributed by atoms with Crippen molar-refractivity contribution in [1.29, 1.82) is 0 Å². The summed E-state index contributed by atoms with van der Waals surface area (Å²) in [5.74, 6) is -0.324. The second kappa shape index (κ2) is 4.28. The second-order valence-electron chi connectivity index (χ2n) is 3.69. The molecule has 76 valence electrons. The molecule has 1 saturated carbocycles. The zero-order valence-corrected chi connectivity index (χ0v) is 8.65. The standard InChI is InChI=1S/C11H13ClFN/c12-11-8(2-1-3-10(11)13)6-7-14-9-4-5-9/h1-3,9,14H,4-7H2. The molecule has 1 aromatic carbocycles. The highest BCUT2D eigenvalue weighted by Gasteiger charge is 2.19. The lowest BCUT2D eigenvalue weighted by Crippen LogP contribution is -2.19. The van der Waals surface area contributed by atoms with E-state index in [-0.39, 0.29) is 10.8 Å². The fourth-order valence-corrected chi connectivity index (χ4v) is 1.66. The van der Waals surface area contributed by atoms with Crippen LogP contribution in [0.25, 0.3) is 0 Å². The number of rotatable bonds is 4. The zero-order valence-electron chi connectivity index (χ0n) is 7.89. The summed E-state index contributed by atoms with van der Waals surface area (Å²) in [5.41, 5.74) is 0.889. The van der Waals surface area contributed by atoms with Gasteiger partial charge in [0, 0.05) is 6.04 Å². The summed E-state index contributed by atoms with van der Waals surface area (Å²) >= 11 is 5.82. The van der Waals surface area contributed by atoms with E-state index in [1.807, 2.05) is 6.07 Å². The zero-order chi connectivity index (χ0) is 9.97. The molecule has 14 heavy (non-hydrogen) atoms. The minimum absolute atomic E-state index is 0.269. The van der Waals surface area contributed by atoms with Gasteiger partial charge in [0.25, 0.3) is 0 Å². The first-order valence-corrected chi connectivity index (χ1v) is 5.31. The van der Waals surface area contributed by atoms with E-state index < -0.39 is 0 Å². The Morgan fingerprint density at radius 2 is 2.21 bits per heavy atom. The van der Waals surface area contributed by atoms with Crippen LogP contribution in [0, 0.1) is 5.82 Å². The number of benzene rings is 1. The molecule has 0 amide bonds. The summed E-state index contributed by atoms with van der Waals surface area (Å²) in [6.45, 7) is 0.883. The first-order valence-electron chi connectivity index (χ1n) is 4.93. The molecule has 1 aromatic rings. The molecule has 1 aliphatic carbocycles. The molecular weight excluding hydrogens is 201 g/mol. The first-order chi connectivity index (χ1) is 6.77. The van der Waals surface area contributed by atoms with Crippen molar-refractivity contribution in [3.63, 3.8) is 0 Å². The molecule has 0 heterocycles. The number of hydrogen-bond donors (Lipinski definition) is 1. The van der Waals surface area contributed by atoms with Crippen molar-refractivity contribution in [2.75, 3.05) is 6.54 Å². The molecule has 0 aliphatic heterocycles. The minimum Gasteiger partial charge on any atom is -0.314 e. The summed E-state index contributed by atoms with van der Waals surface area (Å²) in [6, 6.07) is 5.66. The first kappa shape index (κ1) is 9.94. The molecule has 0 saturated heterocycles. The third kappa shape index (κ3) is 2.46. The molecule has 1 nitrogen and oxygen atoms in total. The minimum atomic E-state index is -0.324. The molecule has 1 aliphatic rings. The van der Waals surface area contributed by atoms with Crippen LogP contribution in [-0.4, -0.2) is 12.6 Å². The van der Waals surface area contributed by atoms with Gasteiger partial charge in [-0.3, -0.25) is 0 Å². The molecule has 2 rings (SSSR count). The number of nitrogens with one attached hydrogen (secondary N) is 1. The van der Waals surface area contributed by atoms with E-state index in [0.29, 0.717) is 6.04 Å². The molecule has 1 N–H and O–H groups in total. The lowest BCUT2D eigenvalue weighted by Gasteiger charge is -2.05. The monoisotopic (exact) mass is 213 g/mol. The van der Waals surface area contributed by atoms with Gasteiger partial charge < -0.3 is 5.32 Å². The van der Waals surface area contributed by atoms with Crippen LogP contribution in [0.4, 0.5) is 4.39 Å². The van der Waals surface area contributed by atoms with Gasteiger partial charge in [-0.1, -0.05) is 23.7 Å². The third-order valence-electron chi connectivity index (χ3n) is 2.44. The quantitative estimate of drug-likeness (QED) is 0.811. The van der Waals surface area contributed by atoms with Gasteiger partial charge in [-0.05, 0) is 37.4 Å². The Kier molecular flexibility index (Phi) is 3.04. The summed E-state index contributed by atoms with van der Waals surface area (Å²) in [7, 11) is 0. The lowest BCUT2D eigenvalue weighted by molar-refractivity contribution is 0.623. The SMILES string of the molecule is Fc1cccc(CCNC2CC2)c1Cl. The van der Waals surface area contributed by atoms with Crippen LogP contribution in [0.15, 0.2) is 18.2 Å². The van der Waals surface area contributed by atoms with Gasteiger partial charge in [0.2, 0.25) is 0 Å². The smallest absolute Gasteiger partial charge is 0.142 e. The van der Waals surface area contributed by atoms with E-state index in [2.05, 4.69) is 5.32 Å². The van der Waals surface area contributed by atoms with Crippen molar-refractivity contribution >= 4 is 11.6 Å². The molecular formula is C11H13ClFN. The Labute approximate surface area is 88.3 Å². The third-order valence-corrected chi connectivity index (χ3v) is 2.86. The molecule has 1 fully saturated rings. The molecule has 3 heteroatoms. The van der Waals surface area contributed by atoms with Crippen molar-refractivity contribution < 1.29 is 4.39 Å². The molecule has 0 bridgehead atoms. The maximum atomic E-state index is 13.0. The van der Waals surface area contributed by atoms with E-state index in [1.54, 1.807) is 6.07 Å². The largest absolute Gasteiger partial charge is 0.314 e. The van der Waals surface area contributed by atoms with Crippen LogP contribution in [0.3, 0.4) is 0 Å². The summed E-state index contributed by atoms with van der Waals surface area (Å²) < 4.78 is 13.0. The predicted molar refractivity (Wildman–Crippen MR) is 56.1 cm³/mol. The van der Waals surface area contributed by atoms with Crippen molar-refractivity contribution in [2.45, 2.75) is 25.3 Å². The second-order valence-corrected chi connectivity index (χ2v) is 4.07. The van der Waals surface area contributed by atoms with Crippen LogP contribution < -0.4 is 5.32 Å². The lowest BCUT2D eigenvalue weighted by atomic mass is 10.1. The van der Waals surface area contributed by atoms with Crippen LogP contribution in [0.5, 0.6) is 0 Å². The van der Waals surface area contributed by atoms with Crippen LogP contribution >= 0.6 is 11.6 Å². The average Bonchev–Trinajstić information content (AvgIpc) is 2.96. The van der Waals surface area contributed by atoms with E-state index in [1.165, 1.54) is 18.9 Å². The predicted octanol–water partition coefficient (Wildman–Crippen LogP) is 2.77. The number of halogens is 2. The normalized spacial score (nSPS) is 15.9. The van der Waals surface area contributed by atoms with Crippen LogP contribution in [0.1, 0.15) is 18.4 Å². The van der Waals surface area contributed by atoms with Gasteiger partial charge in [-0.15, -0.1) is 0 Å². The van der Waals surface area contributed by atoms with Crippen molar-refractivity contribution in [1.82, 2.24) is 5.32 Å². The van der Waals surface area contributed by atoms with Gasteiger partial charge in [-0.25, -0.2) is 4.39 Å². The van der Waals surface area contributed by atoms with Gasteiger partial charge in [0.05, 0.1) is 5.02 Å². The summed E-state index contributed by atoms with van der Waals surface area (Å²) in [5, 5.41) is 3.64. The Hall–Kier alpha value is -0.600. The van der Waals surface area contributed by atoms with E-state index >= 15 is 0 Å². The van der Waals surface area contributed by atoms with Crippen LogP contribution in [-0.2, 0) is 6.42 Å². The van der Waals surface area contributed by atoms with E-state index in [0.717, 1.165) is 18.5 Å². The molecule has 0 unspecified atom stereocenters. The maximum Gasteiger partial charge on any atom is 0.142 e. The van der Waals surface area contributed by atoms with Crippen molar-refractivity contribution in [2.24, 2.45) is 0 Å². The maximum absolute atomic E-state index is 13.0. The van der Waals surface area contributed by atoms with E-state index in [9.17, 15) is 4.39 Å². The molecule has 0 radical (unpaired) electrons. The Morgan fingerprint density at radius 1 is 1.43 bits per heavy atom. The van der Waals surface area contributed by atoms with Gasteiger partial charge in [0.1, 0.15) is 5.82 Å². The average molecular weight is 214 g/mol. The summed E-state index contributed by atoms with van der Waals surface area (Å²) in [6.07, 6.45) is 3.35. The van der Waals surface area contributed by atoms with Gasteiger partial charge in [0.15, 0.2) is 0 Å². The fraction of sp³-hybridized carbons (Fsp3) is 0.455. The van der Waals surface area contributed by atoms with Gasteiger partial charge in [-0.2, -0.15) is 0 Å². The van der Waals surface area contributed by atoms with Crippen molar-refractivity contribution in [3.8, 4) is 0 Å². The summed E-state index contributed by atoms with van der Waals surface area (Å²) in [4.78, 5) is 0.